The Morgan fingerprint density at radius 1 is 1.39 bits per heavy atom. The van der Waals surface area contributed by atoms with Crippen LogP contribution in [-0.2, 0) is 9.53 Å². The number of ether oxygens (including phenoxy) is 2. The van der Waals surface area contributed by atoms with E-state index in [1.54, 1.807) is 6.07 Å². The minimum absolute atomic E-state index is 0.0913. The first-order valence-corrected chi connectivity index (χ1v) is 8.57. The summed E-state index contributed by atoms with van der Waals surface area (Å²) in [6.07, 6.45) is 4.19. The van der Waals surface area contributed by atoms with Crippen LogP contribution in [-0.4, -0.2) is 29.7 Å². The lowest BCUT2D eigenvalue weighted by atomic mass is 9.98. The molecule has 1 fully saturated rings. The third kappa shape index (κ3) is 4.44. The Morgan fingerprint density at radius 3 is 2.70 bits per heavy atom. The third-order valence-electron chi connectivity index (χ3n) is 4.31. The molecule has 1 saturated carbocycles. The van der Waals surface area contributed by atoms with Gasteiger partial charge < -0.3 is 14.8 Å². The first-order valence-electron chi connectivity index (χ1n) is 8.57. The normalized spacial score (nSPS) is 16.7. The zero-order valence-corrected chi connectivity index (χ0v) is 14.6. The predicted octanol–water partition coefficient (Wildman–Crippen LogP) is 3.71. The highest BCUT2D eigenvalue weighted by molar-refractivity contribution is 5.98. The van der Waals surface area contributed by atoms with Crippen molar-refractivity contribution in [3.8, 4) is 5.88 Å². The van der Waals surface area contributed by atoms with Gasteiger partial charge in [-0.1, -0.05) is 13.3 Å². The SMILES string of the molecule is CCCCOc1ccc(NC(=O)C(C)(OCC)C2CC2)c(C)n1. The van der Waals surface area contributed by atoms with Gasteiger partial charge in [0.1, 0.15) is 5.60 Å². The molecule has 1 heterocycles. The molecule has 23 heavy (non-hydrogen) atoms. The van der Waals surface area contributed by atoms with Crippen molar-refractivity contribution >= 4 is 11.6 Å². The summed E-state index contributed by atoms with van der Waals surface area (Å²) in [6, 6.07) is 3.65. The van der Waals surface area contributed by atoms with E-state index in [2.05, 4.69) is 17.2 Å². The summed E-state index contributed by atoms with van der Waals surface area (Å²) in [7, 11) is 0. The Balaban J connectivity index is 2.02. The number of hydrogen-bond acceptors (Lipinski definition) is 4. The van der Waals surface area contributed by atoms with E-state index in [9.17, 15) is 4.79 Å². The summed E-state index contributed by atoms with van der Waals surface area (Å²) < 4.78 is 11.4. The molecule has 0 saturated heterocycles. The van der Waals surface area contributed by atoms with Gasteiger partial charge in [0.05, 0.1) is 18.0 Å². The number of rotatable bonds is 9. The Hall–Kier alpha value is -1.62. The number of carbonyl (C=O) groups excluding carboxylic acids is 1. The number of nitrogens with zero attached hydrogens (tertiary/aromatic N) is 1. The zero-order valence-electron chi connectivity index (χ0n) is 14.6. The molecule has 0 bridgehead atoms. The molecule has 5 heteroatoms. The minimum atomic E-state index is -0.752. The summed E-state index contributed by atoms with van der Waals surface area (Å²) in [4.78, 5) is 17.1. The quantitative estimate of drug-likeness (QED) is 0.705. The lowest BCUT2D eigenvalue weighted by molar-refractivity contribution is -0.141. The Morgan fingerprint density at radius 2 is 2.13 bits per heavy atom. The highest BCUT2D eigenvalue weighted by atomic mass is 16.5. The van der Waals surface area contributed by atoms with E-state index < -0.39 is 5.60 Å². The van der Waals surface area contributed by atoms with Gasteiger partial charge in [0.25, 0.3) is 5.91 Å². The van der Waals surface area contributed by atoms with E-state index in [0.717, 1.165) is 31.4 Å². The molecule has 1 aromatic heterocycles. The fourth-order valence-electron chi connectivity index (χ4n) is 2.62. The molecular weight excluding hydrogens is 292 g/mol. The molecule has 0 aliphatic heterocycles. The van der Waals surface area contributed by atoms with E-state index in [0.29, 0.717) is 30.7 Å². The van der Waals surface area contributed by atoms with Crippen LogP contribution in [0.3, 0.4) is 0 Å². The van der Waals surface area contributed by atoms with Crippen LogP contribution in [0.4, 0.5) is 5.69 Å². The van der Waals surface area contributed by atoms with Crippen molar-refractivity contribution in [3.63, 3.8) is 0 Å². The molecule has 1 amide bonds. The number of anilines is 1. The van der Waals surface area contributed by atoms with Gasteiger partial charge >= 0.3 is 0 Å². The van der Waals surface area contributed by atoms with E-state index in [1.807, 2.05) is 26.8 Å². The minimum Gasteiger partial charge on any atom is -0.478 e. The molecule has 1 aliphatic carbocycles. The smallest absolute Gasteiger partial charge is 0.256 e. The monoisotopic (exact) mass is 320 g/mol. The molecule has 0 radical (unpaired) electrons. The predicted molar refractivity (Wildman–Crippen MR) is 90.8 cm³/mol. The molecule has 5 nitrogen and oxygen atoms in total. The first kappa shape index (κ1) is 17.7. The van der Waals surface area contributed by atoms with Crippen molar-refractivity contribution in [2.75, 3.05) is 18.5 Å². The first-order chi connectivity index (χ1) is 11.0. The van der Waals surface area contributed by atoms with E-state index >= 15 is 0 Å². The van der Waals surface area contributed by atoms with Crippen molar-refractivity contribution in [2.45, 2.75) is 59.0 Å². The highest BCUT2D eigenvalue weighted by Crippen LogP contribution is 2.42. The van der Waals surface area contributed by atoms with Crippen LogP contribution in [0, 0.1) is 12.8 Å². The van der Waals surface area contributed by atoms with Gasteiger partial charge in [0, 0.05) is 12.7 Å². The third-order valence-corrected chi connectivity index (χ3v) is 4.31. The molecule has 0 spiro atoms. The molecule has 1 unspecified atom stereocenters. The lowest BCUT2D eigenvalue weighted by Crippen LogP contribution is -2.45. The maximum absolute atomic E-state index is 12.7. The van der Waals surface area contributed by atoms with E-state index in [1.165, 1.54) is 0 Å². The van der Waals surface area contributed by atoms with Gasteiger partial charge in [0.2, 0.25) is 5.88 Å². The molecule has 1 N–H and O–H groups in total. The second-order valence-corrected chi connectivity index (χ2v) is 6.25. The topological polar surface area (TPSA) is 60.5 Å². The number of pyridine rings is 1. The zero-order chi connectivity index (χ0) is 16.9. The summed E-state index contributed by atoms with van der Waals surface area (Å²) >= 11 is 0. The summed E-state index contributed by atoms with van der Waals surface area (Å²) in [5, 5.41) is 2.97. The van der Waals surface area contributed by atoms with Crippen LogP contribution >= 0.6 is 0 Å². The van der Waals surface area contributed by atoms with Crippen molar-refractivity contribution in [1.82, 2.24) is 4.98 Å². The number of carbonyl (C=O) groups is 1. The summed E-state index contributed by atoms with van der Waals surface area (Å²) in [5.74, 6) is 0.822. The number of aryl methyl sites for hydroxylation is 1. The lowest BCUT2D eigenvalue weighted by Gasteiger charge is -2.28. The molecule has 1 atom stereocenters. The maximum Gasteiger partial charge on any atom is 0.256 e. The van der Waals surface area contributed by atoms with Gasteiger partial charge in [-0.3, -0.25) is 4.79 Å². The van der Waals surface area contributed by atoms with Crippen molar-refractivity contribution < 1.29 is 14.3 Å². The molecule has 2 rings (SSSR count). The largest absolute Gasteiger partial charge is 0.478 e. The van der Waals surface area contributed by atoms with Gasteiger partial charge in [-0.25, -0.2) is 4.98 Å². The fraction of sp³-hybridized carbons (Fsp3) is 0.667. The molecule has 1 aliphatic rings. The second kappa shape index (κ2) is 7.77. The van der Waals surface area contributed by atoms with Crippen LogP contribution < -0.4 is 10.1 Å². The van der Waals surface area contributed by atoms with E-state index in [-0.39, 0.29) is 5.91 Å². The van der Waals surface area contributed by atoms with Crippen LogP contribution in [0.1, 0.15) is 52.1 Å². The van der Waals surface area contributed by atoms with Gasteiger partial charge in [0.15, 0.2) is 0 Å². The summed E-state index contributed by atoms with van der Waals surface area (Å²) in [6.45, 7) is 8.99. The standard InChI is InChI=1S/C18H28N2O3/c1-5-7-12-22-16-11-10-15(13(3)19-16)20-17(21)18(4,23-6-2)14-8-9-14/h10-11,14H,5-9,12H2,1-4H3,(H,20,21). The number of nitrogens with one attached hydrogen (secondary N) is 1. The van der Waals surface area contributed by atoms with Gasteiger partial charge in [-0.15, -0.1) is 0 Å². The molecular formula is C18H28N2O3. The van der Waals surface area contributed by atoms with Gasteiger partial charge in [-0.05, 0) is 52.0 Å². The second-order valence-electron chi connectivity index (χ2n) is 6.25. The van der Waals surface area contributed by atoms with Crippen LogP contribution in [0.2, 0.25) is 0 Å². The van der Waals surface area contributed by atoms with Gasteiger partial charge in [-0.2, -0.15) is 0 Å². The van der Waals surface area contributed by atoms with Crippen molar-refractivity contribution in [2.24, 2.45) is 5.92 Å². The van der Waals surface area contributed by atoms with E-state index in [4.69, 9.17) is 9.47 Å². The van der Waals surface area contributed by atoms with Crippen LogP contribution in [0.5, 0.6) is 5.88 Å². The number of unbranched alkanes of at least 4 members (excludes halogenated alkanes) is 1. The Labute approximate surface area is 138 Å². The molecule has 128 valence electrons. The maximum atomic E-state index is 12.7. The molecule has 1 aromatic rings. The van der Waals surface area contributed by atoms with Crippen molar-refractivity contribution in [3.05, 3.63) is 17.8 Å². The Bertz CT molecular complexity index is 543. The number of aromatic nitrogens is 1. The van der Waals surface area contributed by atoms with Crippen LogP contribution in [0.15, 0.2) is 12.1 Å². The van der Waals surface area contributed by atoms with Crippen LogP contribution in [0.25, 0.3) is 0 Å². The average molecular weight is 320 g/mol. The number of amides is 1. The average Bonchev–Trinajstić information content (AvgIpc) is 3.35. The Kier molecular flexibility index (Phi) is 5.99. The van der Waals surface area contributed by atoms with Crippen molar-refractivity contribution in [1.29, 1.82) is 0 Å². The summed E-state index contributed by atoms with van der Waals surface area (Å²) in [5.41, 5.74) is 0.712. The number of hydrogen-bond donors (Lipinski definition) is 1. The molecule has 0 aromatic carbocycles. The fourth-order valence-corrected chi connectivity index (χ4v) is 2.62. The highest BCUT2D eigenvalue weighted by Gasteiger charge is 2.48.